The van der Waals surface area contributed by atoms with Crippen LogP contribution in [0.5, 0.6) is 5.75 Å². The summed E-state index contributed by atoms with van der Waals surface area (Å²) >= 11 is 3.46. The first-order chi connectivity index (χ1) is 8.74. The number of halogens is 1. The summed E-state index contributed by atoms with van der Waals surface area (Å²) in [6, 6.07) is 12.2. The standard InChI is InChI=1S/C15H16BrNO/c1-3-18-14-7-4-12(5-8-14)15-9-6-13(10-16)11(2)17-15/h4-9H,3,10H2,1-2H3. The second-order valence-electron chi connectivity index (χ2n) is 4.03. The Balaban J connectivity index is 2.28. The molecular weight excluding hydrogens is 290 g/mol. The van der Waals surface area contributed by atoms with Crippen molar-refractivity contribution in [3.8, 4) is 17.0 Å². The normalized spacial score (nSPS) is 10.4. The lowest BCUT2D eigenvalue weighted by Gasteiger charge is -2.07. The average molecular weight is 306 g/mol. The maximum atomic E-state index is 5.43. The fraction of sp³-hybridized carbons (Fsp3) is 0.267. The second kappa shape index (κ2) is 6.01. The molecule has 1 aromatic carbocycles. The molecule has 18 heavy (non-hydrogen) atoms. The monoisotopic (exact) mass is 305 g/mol. The SMILES string of the molecule is CCOc1ccc(-c2ccc(CBr)c(C)n2)cc1. The van der Waals surface area contributed by atoms with Crippen LogP contribution >= 0.6 is 15.9 Å². The molecule has 0 saturated carbocycles. The number of nitrogens with zero attached hydrogens (tertiary/aromatic N) is 1. The minimum absolute atomic E-state index is 0.691. The van der Waals surface area contributed by atoms with Gasteiger partial charge in [0.15, 0.2) is 0 Å². The Kier molecular flexibility index (Phi) is 4.37. The van der Waals surface area contributed by atoms with E-state index in [1.807, 2.05) is 38.1 Å². The fourth-order valence-electron chi connectivity index (χ4n) is 1.78. The molecule has 0 N–H and O–H groups in total. The highest BCUT2D eigenvalue weighted by Crippen LogP contribution is 2.22. The minimum atomic E-state index is 0.691. The van der Waals surface area contributed by atoms with Gasteiger partial charge in [-0.1, -0.05) is 22.0 Å². The van der Waals surface area contributed by atoms with E-state index in [2.05, 4.69) is 33.0 Å². The number of ether oxygens (including phenoxy) is 1. The summed E-state index contributed by atoms with van der Waals surface area (Å²) in [5.74, 6) is 0.898. The van der Waals surface area contributed by atoms with Crippen LogP contribution in [-0.2, 0) is 5.33 Å². The van der Waals surface area contributed by atoms with Gasteiger partial charge < -0.3 is 4.74 Å². The van der Waals surface area contributed by atoms with Crippen molar-refractivity contribution in [3.05, 3.63) is 47.7 Å². The Morgan fingerprint density at radius 1 is 1.11 bits per heavy atom. The number of pyridine rings is 1. The highest BCUT2D eigenvalue weighted by Gasteiger charge is 2.03. The van der Waals surface area contributed by atoms with Gasteiger partial charge in [-0.25, -0.2) is 0 Å². The Morgan fingerprint density at radius 3 is 2.39 bits per heavy atom. The molecule has 0 aliphatic heterocycles. The van der Waals surface area contributed by atoms with Crippen LogP contribution < -0.4 is 4.74 Å². The van der Waals surface area contributed by atoms with Crippen molar-refractivity contribution < 1.29 is 4.74 Å². The third-order valence-electron chi connectivity index (χ3n) is 2.80. The molecule has 2 aromatic rings. The summed E-state index contributed by atoms with van der Waals surface area (Å²) in [4.78, 5) is 4.62. The van der Waals surface area contributed by atoms with Crippen molar-refractivity contribution in [2.24, 2.45) is 0 Å². The number of aryl methyl sites for hydroxylation is 1. The molecule has 3 heteroatoms. The lowest BCUT2D eigenvalue weighted by atomic mass is 10.1. The van der Waals surface area contributed by atoms with Crippen molar-refractivity contribution in [2.45, 2.75) is 19.2 Å². The zero-order valence-corrected chi connectivity index (χ0v) is 12.2. The van der Waals surface area contributed by atoms with Crippen LogP contribution in [0.25, 0.3) is 11.3 Å². The molecule has 2 nitrogen and oxygen atoms in total. The van der Waals surface area contributed by atoms with Gasteiger partial charge in [-0.05, 0) is 49.7 Å². The van der Waals surface area contributed by atoms with E-state index in [9.17, 15) is 0 Å². The van der Waals surface area contributed by atoms with Gasteiger partial charge in [0.25, 0.3) is 0 Å². The molecule has 0 fully saturated rings. The Bertz CT molecular complexity index is 523. The number of benzene rings is 1. The quantitative estimate of drug-likeness (QED) is 0.783. The first kappa shape index (κ1) is 13.1. The van der Waals surface area contributed by atoms with Crippen molar-refractivity contribution in [1.82, 2.24) is 4.98 Å². The molecule has 0 aliphatic carbocycles. The molecule has 0 spiro atoms. The number of hydrogen-bond acceptors (Lipinski definition) is 2. The Hall–Kier alpha value is -1.35. The lowest BCUT2D eigenvalue weighted by molar-refractivity contribution is 0.340. The Morgan fingerprint density at radius 2 is 1.83 bits per heavy atom. The maximum absolute atomic E-state index is 5.43. The molecule has 94 valence electrons. The van der Waals surface area contributed by atoms with Crippen molar-refractivity contribution in [1.29, 1.82) is 0 Å². The smallest absolute Gasteiger partial charge is 0.119 e. The third-order valence-corrected chi connectivity index (χ3v) is 3.40. The second-order valence-corrected chi connectivity index (χ2v) is 4.59. The van der Waals surface area contributed by atoms with Gasteiger partial charge in [0.1, 0.15) is 5.75 Å². The van der Waals surface area contributed by atoms with Crippen LogP contribution in [0.15, 0.2) is 36.4 Å². The van der Waals surface area contributed by atoms with E-state index in [0.717, 1.165) is 28.0 Å². The zero-order chi connectivity index (χ0) is 13.0. The molecule has 0 saturated heterocycles. The Labute approximate surface area is 116 Å². The average Bonchev–Trinajstić information content (AvgIpc) is 2.40. The highest BCUT2D eigenvalue weighted by molar-refractivity contribution is 9.08. The topological polar surface area (TPSA) is 22.1 Å². The molecule has 1 heterocycles. The van der Waals surface area contributed by atoms with Gasteiger partial charge in [0, 0.05) is 16.6 Å². The van der Waals surface area contributed by atoms with Gasteiger partial charge in [0.05, 0.1) is 12.3 Å². The highest BCUT2D eigenvalue weighted by atomic mass is 79.9. The van der Waals surface area contributed by atoms with Crippen LogP contribution in [0.1, 0.15) is 18.2 Å². The summed E-state index contributed by atoms with van der Waals surface area (Å²) in [5, 5.41) is 0.843. The van der Waals surface area contributed by atoms with E-state index in [1.165, 1.54) is 5.56 Å². The van der Waals surface area contributed by atoms with Gasteiger partial charge in [-0.3, -0.25) is 4.98 Å². The molecule has 0 atom stereocenters. The van der Waals surface area contributed by atoms with Crippen LogP contribution in [0.4, 0.5) is 0 Å². The summed E-state index contributed by atoms with van der Waals surface area (Å²) in [5.41, 5.74) is 4.41. The number of hydrogen-bond donors (Lipinski definition) is 0. The zero-order valence-electron chi connectivity index (χ0n) is 10.6. The molecule has 0 amide bonds. The fourth-order valence-corrected chi connectivity index (χ4v) is 2.37. The van der Waals surface area contributed by atoms with Gasteiger partial charge >= 0.3 is 0 Å². The summed E-state index contributed by atoms with van der Waals surface area (Å²) in [6.45, 7) is 4.71. The van der Waals surface area contributed by atoms with Gasteiger partial charge in [0.2, 0.25) is 0 Å². The first-order valence-electron chi connectivity index (χ1n) is 6.00. The molecule has 0 bridgehead atoms. The molecule has 0 unspecified atom stereocenters. The minimum Gasteiger partial charge on any atom is -0.494 e. The predicted molar refractivity (Wildman–Crippen MR) is 78.2 cm³/mol. The van der Waals surface area contributed by atoms with E-state index in [-0.39, 0.29) is 0 Å². The number of rotatable bonds is 4. The van der Waals surface area contributed by atoms with E-state index in [0.29, 0.717) is 6.61 Å². The third kappa shape index (κ3) is 2.91. The maximum Gasteiger partial charge on any atom is 0.119 e. The van der Waals surface area contributed by atoms with Crippen LogP contribution in [0, 0.1) is 6.92 Å². The van der Waals surface area contributed by atoms with Crippen LogP contribution in [0.3, 0.4) is 0 Å². The van der Waals surface area contributed by atoms with Crippen molar-refractivity contribution >= 4 is 15.9 Å². The summed E-state index contributed by atoms with van der Waals surface area (Å²) in [6.07, 6.45) is 0. The molecule has 1 aromatic heterocycles. The van der Waals surface area contributed by atoms with Gasteiger partial charge in [-0.2, -0.15) is 0 Å². The van der Waals surface area contributed by atoms with Crippen molar-refractivity contribution in [3.63, 3.8) is 0 Å². The lowest BCUT2D eigenvalue weighted by Crippen LogP contribution is -1.93. The van der Waals surface area contributed by atoms with Crippen LogP contribution in [-0.4, -0.2) is 11.6 Å². The van der Waals surface area contributed by atoms with E-state index >= 15 is 0 Å². The molecular formula is C15H16BrNO. The van der Waals surface area contributed by atoms with Gasteiger partial charge in [-0.15, -0.1) is 0 Å². The summed E-state index contributed by atoms with van der Waals surface area (Å²) in [7, 11) is 0. The van der Waals surface area contributed by atoms with Crippen LogP contribution in [0.2, 0.25) is 0 Å². The molecule has 0 aliphatic rings. The molecule has 2 rings (SSSR count). The van der Waals surface area contributed by atoms with E-state index < -0.39 is 0 Å². The first-order valence-corrected chi connectivity index (χ1v) is 7.12. The molecule has 0 radical (unpaired) electrons. The number of alkyl halides is 1. The van der Waals surface area contributed by atoms with E-state index in [4.69, 9.17) is 4.74 Å². The summed E-state index contributed by atoms with van der Waals surface area (Å²) < 4.78 is 5.43. The van der Waals surface area contributed by atoms with Crippen molar-refractivity contribution in [2.75, 3.05) is 6.61 Å². The largest absolute Gasteiger partial charge is 0.494 e. The predicted octanol–water partition coefficient (Wildman–Crippen LogP) is 4.35. The van der Waals surface area contributed by atoms with E-state index in [1.54, 1.807) is 0 Å². The number of aromatic nitrogens is 1.